The minimum atomic E-state index is -5.42. The van der Waals surface area contributed by atoms with Crippen LogP contribution in [0.25, 0.3) is 0 Å². The Morgan fingerprint density at radius 3 is 1.23 bits per heavy atom. The molecule has 0 aromatic carbocycles. The van der Waals surface area contributed by atoms with Crippen LogP contribution in [-0.4, -0.2) is 161 Å². The number of carbonyl (C=O) groups is 1. The van der Waals surface area contributed by atoms with Crippen LogP contribution in [0.4, 0.5) is 0 Å². The Morgan fingerprint density at radius 2 is 0.844 bits per heavy atom. The Morgan fingerprint density at radius 1 is 0.494 bits per heavy atom. The van der Waals surface area contributed by atoms with Crippen molar-refractivity contribution < 1.29 is 83.8 Å². The molecule has 1 saturated carbocycles. The van der Waals surface area contributed by atoms with Gasteiger partial charge in [0, 0.05) is 6.42 Å². The molecule has 0 radical (unpaired) electrons. The van der Waals surface area contributed by atoms with E-state index in [0.29, 0.717) is 12.8 Å². The fraction of sp³-hybridized carbons (Fsp3) is 0.983. The number of hydrogen-bond acceptors (Lipinski definition) is 16. The van der Waals surface area contributed by atoms with Gasteiger partial charge in [0.25, 0.3) is 0 Å². The number of ether oxygens (including phenoxy) is 2. The Labute approximate surface area is 464 Å². The molecule has 1 saturated heterocycles. The molecular weight excluding hydrogens is 1010 g/mol. The summed E-state index contributed by atoms with van der Waals surface area (Å²) in [5.74, 6) is -0.477. The first kappa shape index (κ1) is 72.2. The number of nitrogens with one attached hydrogen (secondary N) is 1. The van der Waals surface area contributed by atoms with Crippen molar-refractivity contribution in [1.82, 2.24) is 5.32 Å². The normalized spacial score (nSPS) is 26.8. The van der Waals surface area contributed by atoms with Gasteiger partial charge in [0.2, 0.25) is 5.91 Å². The van der Waals surface area contributed by atoms with Crippen molar-refractivity contribution >= 4 is 13.7 Å². The molecule has 0 spiro atoms. The van der Waals surface area contributed by atoms with Gasteiger partial charge in [-0.2, -0.15) is 0 Å². The molecule has 12 N–H and O–H groups in total. The number of hydrogen-bond donors (Lipinski definition) is 12. The number of phosphoric acid groups is 1. The quantitative estimate of drug-likeness (QED) is 0.0200. The zero-order chi connectivity index (χ0) is 56.7. The van der Waals surface area contributed by atoms with E-state index in [4.69, 9.17) is 18.5 Å². The highest BCUT2D eigenvalue weighted by molar-refractivity contribution is 7.47. The second-order valence-corrected chi connectivity index (χ2v) is 24.1. The summed E-state index contributed by atoms with van der Waals surface area (Å²) in [6.07, 6.45) is 19.9. The molecule has 1 aliphatic heterocycles. The molecule has 0 aromatic rings. The summed E-state index contributed by atoms with van der Waals surface area (Å²) in [5, 5.41) is 109. The zero-order valence-corrected chi connectivity index (χ0v) is 48.8. The summed E-state index contributed by atoms with van der Waals surface area (Å²) in [6, 6.07) is -1.41. The van der Waals surface area contributed by atoms with Crippen LogP contribution in [0.2, 0.25) is 0 Å². The van der Waals surface area contributed by atoms with Crippen LogP contribution in [0, 0.1) is 0 Å². The third-order valence-electron chi connectivity index (χ3n) is 15.9. The first-order valence-corrected chi connectivity index (χ1v) is 32.6. The van der Waals surface area contributed by atoms with E-state index in [0.717, 1.165) is 51.4 Å². The number of phosphoric ester groups is 1. The largest absolute Gasteiger partial charge is 0.472 e. The van der Waals surface area contributed by atoms with Crippen LogP contribution in [0.3, 0.4) is 0 Å². The van der Waals surface area contributed by atoms with Crippen LogP contribution in [-0.2, 0) is 27.9 Å². The topological polar surface area (TPSA) is 306 Å². The van der Waals surface area contributed by atoms with Gasteiger partial charge >= 0.3 is 7.82 Å². The Bertz CT molecular complexity index is 1450. The molecule has 7 unspecified atom stereocenters. The number of aliphatic hydroxyl groups excluding tert-OH is 10. The van der Waals surface area contributed by atoms with E-state index in [1.807, 2.05) is 0 Å². The number of rotatable bonds is 50. The van der Waals surface area contributed by atoms with Crippen molar-refractivity contribution in [3.63, 3.8) is 0 Å². The summed E-state index contributed by atoms with van der Waals surface area (Å²) >= 11 is 0. The van der Waals surface area contributed by atoms with E-state index in [-0.39, 0.29) is 12.8 Å². The van der Waals surface area contributed by atoms with E-state index in [9.17, 15) is 65.3 Å². The van der Waals surface area contributed by atoms with Crippen molar-refractivity contribution in [2.75, 3.05) is 13.2 Å². The van der Waals surface area contributed by atoms with Gasteiger partial charge in [-0.3, -0.25) is 13.8 Å². The average molecular weight is 1130 g/mol. The lowest BCUT2D eigenvalue weighted by Crippen LogP contribution is -2.67. The molecule has 1 heterocycles. The van der Waals surface area contributed by atoms with Gasteiger partial charge in [-0.05, 0) is 12.8 Å². The molecular formula is C58H114NO17P. The molecule has 458 valence electrons. The molecule has 0 bridgehead atoms. The molecule has 1 aliphatic carbocycles. The molecule has 77 heavy (non-hydrogen) atoms. The van der Waals surface area contributed by atoms with E-state index < -0.39 is 113 Å². The van der Waals surface area contributed by atoms with Crippen LogP contribution < -0.4 is 5.32 Å². The molecule has 19 heteroatoms. The predicted molar refractivity (Wildman–Crippen MR) is 299 cm³/mol. The minimum absolute atomic E-state index is 0.0914. The summed E-state index contributed by atoms with van der Waals surface area (Å²) < 4.78 is 34.9. The molecule has 15 atom stereocenters. The zero-order valence-electron chi connectivity index (χ0n) is 47.9. The third-order valence-corrected chi connectivity index (χ3v) is 16.9. The van der Waals surface area contributed by atoms with Crippen molar-refractivity contribution in [2.45, 2.75) is 350 Å². The number of unbranched alkanes of at least 4 members (excludes halogenated alkanes) is 35. The summed E-state index contributed by atoms with van der Waals surface area (Å²) in [7, 11) is -5.42. The average Bonchev–Trinajstić information content (AvgIpc) is 3.42. The molecule has 2 fully saturated rings. The van der Waals surface area contributed by atoms with Crippen LogP contribution in [0.1, 0.15) is 264 Å². The highest BCUT2D eigenvalue weighted by Gasteiger charge is 2.55. The van der Waals surface area contributed by atoms with E-state index in [1.165, 1.54) is 173 Å². The van der Waals surface area contributed by atoms with Crippen molar-refractivity contribution in [1.29, 1.82) is 0 Å². The summed E-state index contributed by atoms with van der Waals surface area (Å²) in [4.78, 5) is 24.3. The predicted octanol–water partition coefficient (Wildman–Crippen LogP) is 8.59. The lowest BCUT2D eigenvalue weighted by atomic mass is 9.84. The smallest absolute Gasteiger partial charge is 0.394 e. The lowest BCUT2D eigenvalue weighted by molar-refractivity contribution is -0.338. The molecule has 18 nitrogen and oxygen atoms in total. The SMILES string of the molecule is CCCCCCCCCCCCCCCCCCCCCCCCCC(=O)N[C@@H](COP(=O)(O)O[C@H]1C(O)C(O)C(O)[C@@H](O)C1O[C@H]1O[C@H](CO)[C@@H](O)C(O)C1O)[C@H](O)[C@H](O)CCCCCCCCCCCCCCCC. The van der Waals surface area contributed by atoms with Crippen LogP contribution >= 0.6 is 7.82 Å². The van der Waals surface area contributed by atoms with E-state index >= 15 is 0 Å². The Balaban J connectivity index is 1.86. The first-order chi connectivity index (χ1) is 37.1. The van der Waals surface area contributed by atoms with Crippen LogP contribution in [0.15, 0.2) is 0 Å². The number of aliphatic hydroxyl groups is 10. The molecule has 2 rings (SSSR count). The maximum atomic E-state index is 13.6. The van der Waals surface area contributed by atoms with Gasteiger partial charge < -0.3 is 70.7 Å². The third kappa shape index (κ3) is 31.4. The van der Waals surface area contributed by atoms with Crippen molar-refractivity contribution in [3.05, 3.63) is 0 Å². The summed E-state index contributed by atoms with van der Waals surface area (Å²) in [5.41, 5.74) is 0. The van der Waals surface area contributed by atoms with Crippen molar-refractivity contribution in [3.8, 4) is 0 Å². The van der Waals surface area contributed by atoms with Gasteiger partial charge in [0.1, 0.15) is 67.1 Å². The Hall–Kier alpha value is -0.900. The highest BCUT2D eigenvalue weighted by Crippen LogP contribution is 2.48. The highest BCUT2D eigenvalue weighted by atomic mass is 31.2. The van der Waals surface area contributed by atoms with E-state index in [1.54, 1.807) is 0 Å². The second kappa shape index (κ2) is 44.7. The van der Waals surface area contributed by atoms with E-state index in [2.05, 4.69) is 19.2 Å². The standard InChI is InChI=1S/C58H114NO17P/c1-3-5-7-9-11-13-15-17-19-20-21-22-23-24-25-26-27-29-31-33-35-37-39-41-47(62)59-44(48(63)45(61)40-38-36-34-32-30-28-18-16-14-12-10-8-6-4-2)43-73-77(71,72)76-57-54(69)52(67)51(66)53(68)56(57)75-58-55(70)50(65)49(64)46(42-60)74-58/h44-46,48-58,60-61,63-70H,3-43H2,1-2H3,(H,59,62)(H,71,72)/t44-,45+,46+,48-,49+,50?,51?,52?,53+,54?,55?,56?,57-,58+/m0/s1. The van der Waals surface area contributed by atoms with Gasteiger partial charge in [0.15, 0.2) is 6.29 Å². The monoisotopic (exact) mass is 1130 g/mol. The lowest BCUT2D eigenvalue weighted by Gasteiger charge is -2.47. The molecule has 0 aromatic heterocycles. The summed E-state index contributed by atoms with van der Waals surface area (Å²) in [6.45, 7) is 2.77. The van der Waals surface area contributed by atoms with Gasteiger partial charge in [0.05, 0.1) is 25.4 Å². The first-order valence-electron chi connectivity index (χ1n) is 31.1. The minimum Gasteiger partial charge on any atom is -0.394 e. The van der Waals surface area contributed by atoms with Gasteiger partial charge in [-0.15, -0.1) is 0 Å². The number of amides is 1. The molecule has 1 amide bonds. The van der Waals surface area contributed by atoms with Crippen LogP contribution in [0.5, 0.6) is 0 Å². The molecule has 2 aliphatic rings. The fourth-order valence-corrected chi connectivity index (χ4v) is 11.7. The number of carbonyl (C=O) groups excluding carboxylic acids is 1. The maximum Gasteiger partial charge on any atom is 0.472 e. The van der Waals surface area contributed by atoms with Gasteiger partial charge in [-0.25, -0.2) is 4.57 Å². The van der Waals surface area contributed by atoms with Crippen molar-refractivity contribution in [2.24, 2.45) is 0 Å². The maximum absolute atomic E-state index is 13.6. The Kier molecular flexibility index (Phi) is 41.9. The van der Waals surface area contributed by atoms with Gasteiger partial charge in [-0.1, -0.05) is 245 Å². The second-order valence-electron chi connectivity index (χ2n) is 22.7. The fourth-order valence-electron chi connectivity index (χ4n) is 10.7.